The Labute approximate surface area is 164 Å². The summed E-state index contributed by atoms with van der Waals surface area (Å²) in [6, 6.07) is 14.1. The smallest absolute Gasteiger partial charge is 0.255 e. The molecule has 0 radical (unpaired) electrons. The van der Waals surface area contributed by atoms with Gasteiger partial charge in [0.15, 0.2) is 0 Å². The molecule has 4 rings (SSSR count). The minimum absolute atomic E-state index is 0.0149. The van der Waals surface area contributed by atoms with Crippen LogP contribution in [0.25, 0.3) is 22.5 Å². The van der Waals surface area contributed by atoms with Crippen molar-refractivity contribution in [3.63, 3.8) is 0 Å². The minimum atomic E-state index is -0.0149. The number of rotatable bonds is 3. The molecule has 0 amide bonds. The molecule has 1 aliphatic heterocycles. The number of aryl methyl sites for hydroxylation is 1. The van der Waals surface area contributed by atoms with Gasteiger partial charge in [0.25, 0.3) is 5.56 Å². The van der Waals surface area contributed by atoms with E-state index in [1.165, 1.54) is 0 Å². The number of nitrogens with one attached hydrogen (secondary N) is 1. The molecule has 2 heterocycles. The van der Waals surface area contributed by atoms with Crippen molar-refractivity contribution in [1.82, 2.24) is 9.97 Å². The molecule has 4 nitrogen and oxygen atoms in total. The molecule has 0 bridgehead atoms. The molecule has 1 aliphatic rings. The van der Waals surface area contributed by atoms with Gasteiger partial charge in [-0.25, -0.2) is 4.98 Å². The summed E-state index contributed by atoms with van der Waals surface area (Å²) in [6.45, 7) is 0. The van der Waals surface area contributed by atoms with Crippen LogP contribution in [0.1, 0.15) is 11.3 Å². The number of nitrogens with zero attached hydrogens (tertiary/aromatic N) is 1. The van der Waals surface area contributed by atoms with E-state index in [0.29, 0.717) is 5.82 Å². The van der Waals surface area contributed by atoms with E-state index in [1.807, 2.05) is 42.5 Å². The molecule has 132 valence electrons. The van der Waals surface area contributed by atoms with Crippen molar-refractivity contribution in [2.24, 2.45) is 0 Å². The van der Waals surface area contributed by atoms with Gasteiger partial charge >= 0.3 is 0 Å². The fourth-order valence-electron chi connectivity index (χ4n) is 3.04. The van der Waals surface area contributed by atoms with E-state index in [4.69, 9.17) is 9.72 Å². The first-order valence-electron chi connectivity index (χ1n) is 8.30. The van der Waals surface area contributed by atoms with Gasteiger partial charge in [0, 0.05) is 16.9 Å². The topological polar surface area (TPSA) is 55.0 Å². The molecule has 3 aromatic rings. The largest absolute Gasteiger partial charge is 0.496 e. The summed E-state index contributed by atoms with van der Waals surface area (Å²) >= 11 is 5.26. The van der Waals surface area contributed by atoms with Gasteiger partial charge < -0.3 is 9.72 Å². The molecular weight excluding hydrogens is 412 g/mol. The van der Waals surface area contributed by atoms with Crippen molar-refractivity contribution in [2.75, 3.05) is 12.9 Å². The second kappa shape index (κ2) is 7.29. The van der Waals surface area contributed by atoms with Crippen molar-refractivity contribution in [3.8, 4) is 28.3 Å². The van der Waals surface area contributed by atoms with Gasteiger partial charge in [0.05, 0.1) is 17.3 Å². The molecular formula is C20H17BrN2O2S. The molecule has 26 heavy (non-hydrogen) atoms. The highest BCUT2D eigenvalue weighted by Gasteiger charge is 2.16. The van der Waals surface area contributed by atoms with Gasteiger partial charge in [-0.2, -0.15) is 11.8 Å². The van der Waals surface area contributed by atoms with Crippen LogP contribution in [0.2, 0.25) is 0 Å². The zero-order chi connectivity index (χ0) is 18.1. The van der Waals surface area contributed by atoms with Crippen molar-refractivity contribution in [3.05, 3.63) is 68.5 Å². The molecule has 0 saturated heterocycles. The van der Waals surface area contributed by atoms with Crippen molar-refractivity contribution in [2.45, 2.75) is 12.2 Å². The summed E-state index contributed by atoms with van der Waals surface area (Å²) in [7, 11) is 1.66. The third-order valence-corrected chi connectivity index (χ3v) is 6.11. The van der Waals surface area contributed by atoms with Crippen LogP contribution in [-0.2, 0) is 12.2 Å². The molecule has 1 N–H and O–H groups in total. The number of aromatic amines is 1. The van der Waals surface area contributed by atoms with Gasteiger partial charge in [-0.3, -0.25) is 4.79 Å². The normalized spacial score (nSPS) is 13.3. The average Bonchev–Trinajstić information content (AvgIpc) is 2.68. The maximum absolute atomic E-state index is 12.3. The third kappa shape index (κ3) is 3.31. The lowest BCUT2D eigenvalue weighted by Gasteiger charge is -2.14. The van der Waals surface area contributed by atoms with Crippen LogP contribution in [0.4, 0.5) is 0 Å². The Morgan fingerprint density at radius 1 is 1.12 bits per heavy atom. The van der Waals surface area contributed by atoms with Crippen LogP contribution in [0.5, 0.6) is 5.75 Å². The van der Waals surface area contributed by atoms with E-state index < -0.39 is 0 Å². The summed E-state index contributed by atoms with van der Waals surface area (Å²) in [5, 5.41) is 0. The monoisotopic (exact) mass is 428 g/mol. The van der Waals surface area contributed by atoms with Gasteiger partial charge in [0.1, 0.15) is 11.6 Å². The summed E-state index contributed by atoms with van der Waals surface area (Å²) in [4.78, 5) is 19.9. The summed E-state index contributed by atoms with van der Waals surface area (Å²) in [5.41, 5.74) is 4.81. The molecule has 6 heteroatoms. The van der Waals surface area contributed by atoms with Crippen LogP contribution in [0.3, 0.4) is 0 Å². The third-order valence-electron chi connectivity index (χ3n) is 4.47. The predicted molar refractivity (Wildman–Crippen MR) is 110 cm³/mol. The van der Waals surface area contributed by atoms with Crippen molar-refractivity contribution >= 4 is 27.7 Å². The number of hydrogen-bond acceptors (Lipinski definition) is 4. The number of H-pyrrole nitrogens is 1. The molecule has 2 aromatic carbocycles. The van der Waals surface area contributed by atoms with E-state index in [-0.39, 0.29) is 5.56 Å². The number of ether oxygens (including phenoxy) is 1. The molecule has 0 atom stereocenters. The number of thioether (sulfide) groups is 1. The lowest BCUT2D eigenvalue weighted by molar-refractivity contribution is 0.412. The summed E-state index contributed by atoms with van der Waals surface area (Å²) < 4.78 is 6.29. The van der Waals surface area contributed by atoms with Crippen molar-refractivity contribution in [1.29, 1.82) is 0 Å². The highest BCUT2D eigenvalue weighted by molar-refractivity contribution is 9.10. The fraction of sp³-hybridized carbons (Fsp3) is 0.200. The van der Waals surface area contributed by atoms with Crippen molar-refractivity contribution < 1.29 is 4.74 Å². The Balaban J connectivity index is 1.68. The number of methoxy groups -OCH3 is 1. The van der Waals surface area contributed by atoms with Crippen LogP contribution in [0.15, 0.2) is 51.7 Å². The van der Waals surface area contributed by atoms with Crippen LogP contribution in [-0.4, -0.2) is 22.8 Å². The van der Waals surface area contributed by atoms with E-state index in [9.17, 15) is 4.79 Å². The van der Waals surface area contributed by atoms with E-state index in [1.54, 1.807) is 18.9 Å². The highest BCUT2D eigenvalue weighted by atomic mass is 79.9. The quantitative estimate of drug-likeness (QED) is 0.658. The zero-order valence-electron chi connectivity index (χ0n) is 14.2. The maximum Gasteiger partial charge on any atom is 0.255 e. The zero-order valence-corrected chi connectivity index (χ0v) is 16.6. The number of hydrogen-bond donors (Lipinski definition) is 1. The lowest BCUT2D eigenvalue weighted by Crippen LogP contribution is -2.21. The number of aromatic nitrogens is 2. The highest BCUT2D eigenvalue weighted by Crippen LogP contribution is 2.31. The first kappa shape index (κ1) is 17.4. The Hall–Kier alpha value is -2.05. The molecule has 1 aromatic heterocycles. The Kier molecular flexibility index (Phi) is 4.87. The van der Waals surface area contributed by atoms with Gasteiger partial charge in [-0.05, 0) is 51.4 Å². The molecule has 0 fully saturated rings. The minimum Gasteiger partial charge on any atom is -0.496 e. The number of fused-ring (bicyclic) bond motifs is 1. The predicted octanol–water partition coefficient (Wildman–Crippen LogP) is 4.66. The lowest BCUT2D eigenvalue weighted by atomic mass is 10.0. The second-order valence-electron chi connectivity index (χ2n) is 6.07. The maximum atomic E-state index is 12.3. The average molecular weight is 429 g/mol. The van der Waals surface area contributed by atoms with E-state index in [2.05, 4.69) is 20.9 Å². The van der Waals surface area contributed by atoms with Gasteiger partial charge in [-0.1, -0.05) is 30.3 Å². The first-order valence-corrected chi connectivity index (χ1v) is 10.2. The number of benzene rings is 2. The van der Waals surface area contributed by atoms with Crippen LogP contribution < -0.4 is 10.3 Å². The van der Waals surface area contributed by atoms with Crippen LogP contribution >= 0.6 is 27.7 Å². The number of halogens is 1. The Morgan fingerprint density at radius 2 is 1.85 bits per heavy atom. The van der Waals surface area contributed by atoms with Crippen LogP contribution in [0, 0.1) is 0 Å². The second-order valence-corrected chi connectivity index (χ2v) is 8.03. The standard InChI is InChI=1S/C20H17BrN2O2S/c1-25-18-10-14(6-7-16(18)21)12-2-4-13(5-3-12)19-22-17-8-9-26-11-15(17)20(24)23-19/h2-7,10H,8-9,11H2,1H3,(H,22,23,24). The molecule has 0 saturated carbocycles. The SMILES string of the molecule is COc1cc(-c2ccc(-c3nc4c(c(=O)[nH]3)CSCC4)cc2)ccc1Br. The molecule has 0 aliphatic carbocycles. The Morgan fingerprint density at radius 3 is 2.62 bits per heavy atom. The fourth-order valence-corrected chi connectivity index (χ4v) is 4.43. The van der Waals surface area contributed by atoms with Gasteiger partial charge in [0.2, 0.25) is 0 Å². The molecule has 0 spiro atoms. The molecule has 0 unspecified atom stereocenters. The summed E-state index contributed by atoms with van der Waals surface area (Å²) in [5.74, 6) is 3.21. The van der Waals surface area contributed by atoms with E-state index in [0.717, 1.165) is 56.1 Å². The van der Waals surface area contributed by atoms with Gasteiger partial charge in [-0.15, -0.1) is 0 Å². The Bertz CT molecular complexity index is 1020. The van der Waals surface area contributed by atoms with E-state index >= 15 is 0 Å². The first-order chi connectivity index (χ1) is 12.7. The summed E-state index contributed by atoms with van der Waals surface area (Å²) in [6.07, 6.45) is 0.855.